The van der Waals surface area contributed by atoms with Crippen molar-refractivity contribution in [3.05, 3.63) is 47.4 Å². The summed E-state index contributed by atoms with van der Waals surface area (Å²) in [6, 6.07) is 7.28. The fourth-order valence-electron chi connectivity index (χ4n) is 0.989. The van der Waals surface area contributed by atoms with Crippen LogP contribution in [0.1, 0.15) is 15.9 Å². The lowest BCUT2D eigenvalue weighted by Crippen LogP contribution is -2.04. The molecule has 0 spiro atoms. The van der Waals surface area contributed by atoms with Gasteiger partial charge in [-0.2, -0.15) is 0 Å². The molecule has 3 heteroatoms. The fourth-order valence-corrected chi connectivity index (χ4v) is 0.989. The second-order valence-electron chi connectivity index (χ2n) is 2.98. The molecule has 2 N–H and O–H groups in total. The third kappa shape index (κ3) is 2.62. The van der Waals surface area contributed by atoms with E-state index in [1.807, 2.05) is 19.1 Å². The van der Waals surface area contributed by atoms with Gasteiger partial charge in [-0.15, -0.1) is 0 Å². The van der Waals surface area contributed by atoms with Crippen LogP contribution in [0.15, 0.2) is 36.2 Å². The number of methoxy groups -OCH3 is 1. The predicted octanol–water partition coefficient (Wildman–Crippen LogP) is 1.62. The fraction of sp³-hybridized carbons (Fsp3) is 0.182. The van der Waals surface area contributed by atoms with E-state index in [9.17, 15) is 4.79 Å². The summed E-state index contributed by atoms with van der Waals surface area (Å²) in [5.41, 5.74) is 7.08. The van der Waals surface area contributed by atoms with Crippen LogP contribution in [0.2, 0.25) is 0 Å². The van der Waals surface area contributed by atoms with Gasteiger partial charge in [-0.25, -0.2) is 0 Å². The lowest BCUT2D eigenvalue weighted by molar-refractivity contribution is 0.104. The molecular weight excluding hydrogens is 178 g/mol. The van der Waals surface area contributed by atoms with Crippen molar-refractivity contribution in [2.45, 2.75) is 6.92 Å². The summed E-state index contributed by atoms with van der Waals surface area (Å²) < 4.78 is 4.68. The van der Waals surface area contributed by atoms with E-state index in [0.29, 0.717) is 5.56 Å². The van der Waals surface area contributed by atoms with Gasteiger partial charge >= 0.3 is 0 Å². The average molecular weight is 191 g/mol. The topological polar surface area (TPSA) is 52.3 Å². The number of allylic oxidation sites excluding steroid dienone is 1. The predicted molar refractivity (Wildman–Crippen MR) is 54.8 cm³/mol. The molecule has 0 bridgehead atoms. The van der Waals surface area contributed by atoms with Gasteiger partial charge in [-0.3, -0.25) is 4.79 Å². The van der Waals surface area contributed by atoms with Crippen LogP contribution in [0.5, 0.6) is 0 Å². The first-order valence-electron chi connectivity index (χ1n) is 4.25. The average Bonchev–Trinajstić information content (AvgIpc) is 2.18. The largest absolute Gasteiger partial charge is 0.483 e. The Labute approximate surface area is 83.2 Å². The van der Waals surface area contributed by atoms with Gasteiger partial charge in [0.15, 0.2) is 11.7 Å². The second kappa shape index (κ2) is 4.46. The van der Waals surface area contributed by atoms with Gasteiger partial charge in [0.25, 0.3) is 0 Å². The third-order valence-electron chi connectivity index (χ3n) is 1.85. The highest BCUT2D eigenvalue weighted by Crippen LogP contribution is 2.05. The first-order valence-corrected chi connectivity index (χ1v) is 4.25. The standard InChI is InChI=1S/C11H13NO2/c1-8-3-5-9(6-4-8)10(13)7-11(12)14-2/h3-7H,12H2,1-2H3/b11-7-. The molecule has 14 heavy (non-hydrogen) atoms. The van der Waals surface area contributed by atoms with Crippen LogP contribution in [-0.2, 0) is 4.74 Å². The number of benzene rings is 1. The minimum absolute atomic E-state index is 0.121. The zero-order valence-corrected chi connectivity index (χ0v) is 8.28. The summed E-state index contributed by atoms with van der Waals surface area (Å²) in [5, 5.41) is 0. The third-order valence-corrected chi connectivity index (χ3v) is 1.85. The molecule has 0 aromatic heterocycles. The normalized spacial score (nSPS) is 11.1. The van der Waals surface area contributed by atoms with Crippen LogP contribution < -0.4 is 5.73 Å². The van der Waals surface area contributed by atoms with Crippen LogP contribution in [0.25, 0.3) is 0 Å². The number of hydrogen-bond donors (Lipinski definition) is 1. The first kappa shape index (κ1) is 10.3. The maximum Gasteiger partial charge on any atom is 0.191 e. The molecule has 0 saturated carbocycles. The molecule has 0 radical (unpaired) electrons. The SMILES string of the molecule is CO/C(N)=C\C(=O)c1ccc(C)cc1. The molecule has 1 aromatic carbocycles. The maximum atomic E-state index is 11.5. The Morgan fingerprint density at radius 1 is 1.36 bits per heavy atom. The van der Waals surface area contributed by atoms with Gasteiger partial charge in [-0.05, 0) is 6.92 Å². The summed E-state index contributed by atoms with van der Waals surface area (Å²) in [7, 11) is 1.42. The van der Waals surface area contributed by atoms with Crippen molar-refractivity contribution in [2.75, 3.05) is 7.11 Å². The molecule has 0 amide bonds. The van der Waals surface area contributed by atoms with E-state index in [4.69, 9.17) is 5.73 Å². The number of rotatable bonds is 3. The van der Waals surface area contributed by atoms with E-state index in [2.05, 4.69) is 4.74 Å². The molecule has 1 rings (SSSR count). The second-order valence-corrected chi connectivity index (χ2v) is 2.98. The van der Waals surface area contributed by atoms with Crippen LogP contribution in [-0.4, -0.2) is 12.9 Å². The lowest BCUT2D eigenvalue weighted by atomic mass is 10.1. The summed E-state index contributed by atoms with van der Waals surface area (Å²) in [4.78, 5) is 11.5. The van der Waals surface area contributed by atoms with E-state index in [1.165, 1.54) is 13.2 Å². The molecule has 0 fully saturated rings. The van der Waals surface area contributed by atoms with Crippen LogP contribution in [0.3, 0.4) is 0 Å². The highest BCUT2D eigenvalue weighted by atomic mass is 16.5. The van der Waals surface area contributed by atoms with E-state index >= 15 is 0 Å². The Morgan fingerprint density at radius 3 is 2.43 bits per heavy atom. The van der Waals surface area contributed by atoms with Crippen molar-refractivity contribution in [2.24, 2.45) is 5.73 Å². The number of hydrogen-bond acceptors (Lipinski definition) is 3. The van der Waals surface area contributed by atoms with E-state index < -0.39 is 0 Å². The molecule has 0 aliphatic heterocycles. The van der Waals surface area contributed by atoms with Crippen molar-refractivity contribution in [3.63, 3.8) is 0 Å². The minimum atomic E-state index is -0.149. The lowest BCUT2D eigenvalue weighted by Gasteiger charge is -1.99. The molecule has 74 valence electrons. The Balaban J connectivity index is 2.85. The molecule has 0 aliphatic carbocycles. The van der Waals surface area contributed by atoms with Gasteiger partial charge in [0.1, 0.15) is 0 Å². The van der Waals surface area contributed by atoms with Gasteiger partial charge in [0.05, 0.1) is 7.11 Å². The van der Waals surface area contributed by atoms with Crippen molar-refractivity contribution < 1.29 is 9.53 Å². The van der Waals surface area contributed by atoms with E-state index in [1.54, 1.807) is 12.1 Å². The molecule has 0 aliphatic rings. The molecule has 3 nitrogen and oxygen atoms in total. The number of carbonyl (C=O) groups is 1. The van der Waals surface area contributed by atoms with Crippen molar-refractivity contribution in [3.8, 4) is 0 Å². The van der Waals surface area contributed by atoms with E-state index in [0.717, 1.165) is 5.56 Å². The summed E-state index contributed by atoms with van der Waals surface area (Å²) in [5.74, 6) is -0.0278. The van der Waals surface area contributed by atoms with E-state index in [-0.39, 0.29) is 11.7 Å². The number of ketones is 1. The quantitative estimate of drug-likeness (QED) is 0.448. The highest BCUT2D eigenvalue weighted by Gasteiger charge is 2.02. The highest BCUT2D eigenvalue weighted by molar-refractivity contribution is 6.04. The molecule has 0 atom stereocenters. The molecular formula is C11H13NO2. The monoisotopic (exact) mass is 191 g/mol. The zero-order valence-electron chi connectivity index (χ0n) is 8.28. The van der Waals surface area contributed by atoms with Gasteiger partial charge in [0.2, 0.25) is 0 Å². The Hall–Kier alpha value is -1.77. The first-order chi connectivity index (χ1) is 6.63. The van der Waals surface area contributed by atoms with Gasteiger partial charge in [0, 0.05) is 11.6 Å². The maximum absolute atomic E-state index is 11.5. The minimum Gasteiger partial charge on any atom is -0.483 e. The molecule has 1 aromatic rings. The summed E-state index contributed by atoms with van der Waals surface area (Å²) in [6.07, 6.45) is 1.27. The van der Waals surface area contributed by atoms with Gasteiger partial charge < -0.3 is 10.5 Å². The number of ether oxygens (including phenoxy) is 1. The summed E-state index contributed by atoms with van der Waals surface area (Å²) in [6.45, 7) is 1.97. The van der Waals surface area contributed by atoms with Crippen molar-refractivity contribution in [1.82, 2.24) is 0 Å². The van der Waals surface area contributed by atoms with Gasteiger partial charge in [-0.1, -0.05) is 29.8 Å². The smallest absolute Gasteiger partial charge is 0.191 e. The van der Waals surface area contributed by atoms with Crippen LogP contribution >= 0.6 is 0 Å². The molecule has 0 unspecified atom stereocenters. The Kier molecular flexibility index (Phi) is 3.29. The summed E-state index contributed by atoms with van der Waals surface area (Å²) >= 11 is 0. The number of nitrogens with two attached hydrogens (primary N) is 1. The van der Waals surface area contributed by atoms with Crippen LogP contribution in [0, 0.1) is 6.92 Å². The molecule has 0 saturated heterocycles. The van der Waals surface area contributed by atoms with Crippen molar-refractivity contribution >= 4 is 5.78 Å². The zero-order chi connectivity index (χ0) is 10.6. The van der Waals surface area contributed by atoms with Crippen molar-refractivity contribution in [1.29, 1.82) is 0 Å². The van der Waals surface area contributed by atoms with Crippen LogP contribution in [0.4, 0.5) is 0 Å². The molecule has 0 heterocycles. The number of carbonyl (C=O) groups excluding carboxylic acids is 1. The Morgan fingerprint density at radius 2 is 1.93 bits per heavy atom. The Bertz CT molecular complexity index is 352. The number of aryl methyl sites for hydroxylation is 1.